The van der Waals surface area contributed by atoms with Crippen LogP contribution in [0.1, 0.15) is 32.6 Å². The van der Waals surface area contributed by atoms with Crippen molar-refractivity contribution in [2.75, 3.05) is 11.9 Å². The number of carbonyl (C=O) groups is 1. The molecule has 1 aliphatic rings. The van der Waals surface area contributed by atoms with Gasteiger partial charge < -0.3 is 4.90 Å². The van der Waals surface area contributed by atoms with Gasteiger partial charge in [0.25, 0.3) is 0 Å². The van der Waals surface area contributed by atoms with Crippen molar-refractivity contribution in [3.8, 4) is 0 Å². The summed E-state index contributed by atoms with van der Waals surface area (Å²) in [4.78, 5) is 13.4. The van der Waals surface area contributed by atoms with E-state index in [0.717, 1.165) is 19.4 Å². The Morgan fingerprint density at radius 3 is 2.85 bits per heavy atom. The number of rotatable bonds is 3. The lowest BCUT2D eigenvalue weighted by Crippen LogP contribution is -2.31. The zero-order chi connectivity index (χ0) is 9.68. The van der Waals surface area contributed by atoms with Crippen LogP contribution in [0, 0.1) is 0 Å². The molecule has 0 aromatic carbocycles. The van der Waals surface area contributed by atoms with Gasteiger partial charge in [0.05, 0.1) is 5.33 Å². The lowest BCUT2D eigenvalue weighted by Gasteiger charge is -2.25. The van der Waals surface area contributed by atoms with Gasteiger partial charge in [-0.25, -0.2) is 0 Å². The fraction of sp³-hybridized carbons (Fsp3) is 0.700. The molecule has 3 heteroatoms. The van der Waals surface area contributed by atoms with E-state index in [9.17, 15) is 4.79 Å². The van der Waals surface area contributed by atoms with Gasteiger partial charge in [-0.2, -0.15) is 0 Å². The van der Waals surface area contributed by atoms with Crippen LogP contribution < -0.4 is 0 Å². The second-order valence-corrected chi connectivity index (χ2v) is 3.77. The van der Waals surface area contributed by atoms with Crippen LogP contribution in [0.25, 0.3) is 0 Å². The molecule has 0 spiro atoms. The molecule has 0 N–H and O–H groups in total. The summed E-state index contributed by atoms with van der Waals surface area (Å²) in [5, 5.41) is 0.429. The van der Waals surface area contributed by atoms with Gasteiger partial charge in [0.2, 0.25) is 5.91 Å². The quantitative estimate of drug-likeness (QED) is 0.701. The number of hydrogen-bond acceptors (Lipinski definition) is 1. The van der Waals surface area contributed by atoms with Crippen molar-refractivity contribution in [1.29, 1.82) is 0 Å². The zero-order valence-electron chi connectivity index (χ0n) is 8.05. The molecule has 0 heterocycles. The van der Waals surface area contributed by atoms with Crippen molar-refractivity contribution in [2.45, 2.75) is 32.6 Å². The van der Waals surface area contributed by atoms with Crippen LogP contribution in [0.3, 0.4) is 0 Å². The molecule has 0 aromatic heterocycles. The third-order valence-electron chi connectivity index (χ3n) is 2.35. The van der Waals surface area contributed by atoms with E-state index in [2.05, 4.69) is 22.0 Å². The number of nitrogens with zero attached hydrogens (tertiary/aromatic N) is 1. The highest BCUT2D eigenvalue weighted by molar-refractivity contribution is 9.09. The third kappa shape index (κ3) is 2.83. The molecule has 1 aliphatic carbocycles. The Hall–Kier alpha value is -0.310. The molecular weight excluding hydrogens is 230 g/mol. The SMILES string of the molecule is CCN(C(=O)CBr)C1=CCCCC1. The molecule has 0 saturated carbocycles. The summed E-state index contributed by atoms with van der Waals surface area (Å²) in [6.45, 7) is 2.81. The van der Waals surface area contributed by atoms with E-state index in [1.807, 2.05) is 11.8 Å². The van der Waals surface area contributed by atoms with Crippen LogP contribution in [0.5, 0.6) is 0 Å². The highest BCUT2D eigenvalue weighted by atomic mass is 79.9. The average molecular weight is 246 g/mol. The van der Waals surface area contributed by atoms with Crippen LogP contribution >= 0.6 is 15.9 Å². The Morgan fingerprint density at radius 1 is 1.62 bits per heavy atom. The van der Waals surface area contributed by atoms with Crippen LogP contribution in [-0.4, -0.2) is 22.7 Å². The third-order valence-corrected chi connectivity index (χ3v) is 2.82. The standard InChI is InChI=1S/C10H16BrNO/c1-2-12(10(13)8-11)9-6-4-3-5-7-9/h6H,2-5,7-8H2,1H3. The van der Waals surface area contributed by atoms with Crippen molar-refractivity contribution in [3.05, 3.63) is 11.8 Å². The van der Waals surface area contributed by atoms with Crippen molar-refractivity contribution in [2.24, 2.45) is 0 Å². The van der Waals surface area contributed by atoms with E-state index in [1.165, 1.54) is 18.5 Å². The first kappa shape index (κ1) is 10.8. The molecule has 2 nitrogen and oxygen atoms in total. The Bertz CT molecular complexity index is 213. The minimum atomic E-state index is 0.177. The minimum absolute atomic E-state index is 0.177. The molecule has 0 aromatic rings. The fourth-order valence-corrected chi connectivity index (χ4v) is 1.98. The summed E-state index contributed by atoms with van der Waals surface area (Å²) in [6, 6.07) is 0. The number of alkyl halides is 1. The van der Waals surface area contributed by atoms with Gasteiger partial charge in [0.1, 0.15) is 0 Å². The maximum atomic E-state index is 11.5. The molecule has 74 valence electrons. The molecule has 13 heavy (non-hydrogen) atoms. The van der Waals surface area contributed by atoms with Gasteiger partial charge >= 0.3 is 0 Å². The molecule has 1 rings (SSSR count). The van der Waals surface area contributed by atoms with Gasteiger partial charge in [-0.05, 0) is 32.6 Å². The Balaban J connectivity index is 2.64. The van der Waals surface area contributed by atoms with Crippen LogP contribution in [0.15, 0.2) is 11.8 Å². The van der Waals surface area contributed by atoms with E-state index >= 15 is 0 Å². The fourth-order valence-electron chi connectivity index (χ4n) is 1.68. The number of carbonyl (C=O) groups excluding carboxylic acids is 1. The number of hydrogen-bond donors (Lipinski definition) is 0. The first-order valence-electron chi connectivity index (χ1n) is 4.85. The Kier molecular flexibility index (Phi) is 4.50. The summed E-state index contributed by atoms with van der Waals surface area (Å²) in [5.74, 6) is 0.177. The predicted octanol–water partition coefficient (Wildman–Crippen LogP) is 2.69. The summed E-state index contributed by atoms with van der Waals surface area (Å²) in [7, 11) is 0. The molecule has 0 aliphatic heterocycles. The molecule has 0 bridgehead atoms. The monoisotopic (exact) mass is 245 g/mol. The number of halogens is 1. The van der Waals surface area contributed by atoms with Crippen LogP contribution in [0.4, 0.5) is 0 Å². The maximum absolute atomic E-state index is 11.5. The maximum Gasteiger partial charge on any atom is 0.237 e. The van der Waals surface area contributed by atoms with Crippen molar-refractivity contribution in [3.63, 3.8) is 0 Å². The summed E-state index contributed by atoms with van der Waals surface area (Å²) >= 11 is 3.20. The second kappa shape index (κ2) is 5.43. The Morgan fingerprint density at radius 2 is 2.38 bits per heavy atom. The molecule has 0 saturated heterocycles. The molecule has 0 fully saturated rings. The molecule has 0 radical (unpaired) electrons. The highest BCUT2D eigenvalue weighted by Crippen LogP contribution is 2.20. The van der Waals surface area contributed by atoms with Gasteiger partial charge in [-0.15, -0.1) is 0 Å². The Labute approximate surface area is 88.1 Å². The molecular formula is C10H16BrNO. The summed E-state index contributed by atoms with van der Waals surface area (Å²) in [6.07, 6.45) is 6.88. The molecule has 1 amide bonds. The largest absolute Gasteiger partial charge is 0.316 e. The minimum Gasteiger partial charge on any atom is -0.316 e. The van der Waals surface area contributed by atoms with Crippen LogP contribution in [-0.2, 0) is 4.79 Å². The van der Waals surface area contributed by atoms with Gasteiger partial charge in [0, 0.05) is 12.2 Å². The molecule has 0 unspecified atom stereocenters. The average Bonchev–Trinajstić information content (AvgIpc) is 2.20. The zero-order valence-corrected chi connectivity index (χ0v) is 9.64. The van der Waals surface area contributed by atoms with E-state index in [-0.39, 0.29) is 5.91 Å². The predicted molar refractivity (Wildman–Crippen MR) is 57.7 cm³/mol. The number of allylic oxidation sites excluding steroid dienone is 2. The van der Waals surface area contributed by atoms with E-state index in [0.29, 0.717) is 5.33 Å². The van der Waals surface area contributed by atoms with Gasteiger partial charge in [-0.1, -0.05) is 22.0 Å². The smallest absolute Gasteiger partial charge is 0.237 e. The molecule has 0 atom stereocenters. The first-order valence-corrected chi connectivity index (χ1v) is 5.97. The second-order valence-electron chi connectivity index (χ2n) is 3.21. The number of amides is 1. The lowest BCUT2D eigenvalue weighted by atomic mass is 10.0. The van der Waals surface area contributed by atoms with Crippen molar-refractivity contribution < 1.29 is 4.79 Å². The normalized spacial score (nSPS) is 16.6. The van der Waals surface area contributed by atoms with Crippen LogP contribution in [0.2, 0.25) is 0 Å². The van der Waals surface area contributed by atoms with E-state index in [4.69, 9.17) is 0 Å². The van der Waals surface area contributed by atoms with Crippen molar-refractivity contribution >= 4 is 21.8 Å². The van der Waals surface area contributed by atoms with Gasteiger partial charge in [0.15, 0.2) is 0 Å². The summed E-state index contributed by atoms with van der Waals surface area (Å²) < 4.78 is 0. The first-order chi connectivity index (χ1) is 6.29. The van der Waals surface area contributed by atoms with Crippen molar-refractivity contribution in [1.82, 2.24) is 4.90 Å². The lowest BCUT2D eigenvalue weighted by molar-refractivity contribution is -0.126. The van der Waals surface area contributed by atoms with E-state index < -0.39 is 0 Å². The van der Waals surface area contributed by atoms with E-state index in [1.54, 1.807) is 0 Å². The summed E-state index contributed by atoms with van der Waals surface area (Å²) in [5.41, 5.74) is 1.22. The van der Waals surface area contributed by atoms with Gasteiger partial charge in [-0.3, -0.25) is 4.79 Å². The highest BCUT2D eigenvalue weighted by Gasteiger charge is 2.15. The topological polar surface area (TPSA) is 20.3 Å².